The van der Waals surface area contributed by atoms with Crippen molar-refractivity contribution >= 4 is 24.3 Å². The van der Waals surface area contributed by atoms with Gasteiger partial charge in [0.25, 0.3) is 0 Å². The lowest BCUT2D eigenvalue weighted by molar-refractivity contribution is -0.122. The minimum absolute atomic E-state index is 0. The molecule has 0 atom stereocenters. The second-order valence-corrected chi connectivity index (χ2v) is 5.82. The largest absolute Gasteiger partial charge is 0.369 e. The predicted octanol–water partition coefficient (Wildman–Crippen LogP) is 1.50. The number of rotatable bonds is 8. The molecule has 0 bridgehead atoms. The van der Waals surface area contributed by atoms with Gasteiger partial charge in [-0.2, -0.15) is 0 Å². The lowest BCUT2D eigenvalue weighted by Gasteiger charge is -2.04. The van der Waals surface area contributed by atoms with Crippen molar-refractivity contribution in [1.82, 2.24) is 30.3 Å². The van der Waals surface area contributed by atoms with Crippen molar-refractivity contribution in [2.75, 3.05) is 5.73 Å². The number of hydrogen-bond donors (Lipinski definition) is 3. The summed E-state index contributed by atoms with van der Waals surface area (Å²) in [5.41, 5.74) is 8.48. The minimum atomic E-state index is -0.0896. The van der Waals surface area contributed by atoms with Gasteiger partial charge in [-0.1, -0.05) is 35.5 Å². The van der Waals surface area contributed by atoms with Crippen LogP contribution in [-0.4, -0.2) is 30.9 Å². The molecular formula is C17H22ClN7O. The molecule has 8 nitrogen and oxygen atoms in total. The van der Waals surface area contributed by atoms with Gasteiger partial charge in [0.15, 0.2) is 5.95 Å². The summed E-state index contributed by atoms with van der Waals surface area (Å²) in [5, 5.41) is 11.0. The van der Waals surface area contributed by atoms with Crippen LogP contribution in [0, 0.1) is 0 Å². The topological polar surface area (TPSA) is 115 Å². The second-order valence-electron chi connectivity index (χ2n) is 5.82. The van der Waals surface area contributed by atoms with Crippen LogP contribution < -0.4 is 11.1 Å². The van der Waals surface area contributed by atoms with Crippen molar-refractivity contribution in [3.8, 4) is 0 Å². The van der Waals surface area contributed by atoms with Crippen LogP contribution in [0.2, 0.25) is 0 Å². The Hall–Kier alpha value is -2.87. The number of halogens is 1. The Morgan fingerprint density at radius 2 is 2.04 bits per heavy atom. The number of aromatic nitrogens is 5. The van der Waals surface area contributed by atoms with Crippen molar-refractivity contribution in [2.24, 2.45) is 0 Å². The number of benzene rings is 1. The fourth-order valence-corrected chi connectivity index (χ4v) is 2.49. The number of aromatic amines is 1. The number of anilines is 1. The molecule has 1 amide bonds. The van der Waals surface area contributed by atoms with E-state index in [0.717, 1.165) is 36.2 Å². The highest BCUT2D eigenvalue weighted by Crippen LogP contribution is 2.05. The summed E-state index contributed by atoms with van der Waals surface area (Å²) in [6.07, 6.45) is 6.08. The zero-order chi connectivity index (χ0) is 17.5. The maximum absolute atomic E-state index is 12.0. The van der Waals surface area contributed by atoms with Gasteiger partial charge in [0.2, 0.25) is 5.91 Å². The third kappa shape index (κ3) is 5.89. The van der Waals surface area contributed by atoms with Crippen LogP contribution >= 0.6 is 12.4 Å². The number of nitrogens with one attached hydrogen (secondary N) is 2. The molecule has 0 saturated carbocycles. The first-order valence-electron chi connectivity index (χ1n) is 8.18. The summed E-state index contributed by atoms with van der Waals surface area (Å²) in [6.45, 7) is 0.672. The van der Waals surface area contributed by atoms with Gasteiger partial charge in [-0.3, -0.25) is 4.79 Å². The number of nitrogen functional groups attached to an aromatic ring is 1. The third-order valence-corrected chi connectivity index (χ3v) is 3.75. The first-order chi connectivity index (χ1) is 12.2. The molecule has 0 spiro atoms. The zero-order valence-corrected chi connectivity index (χ0v) is 15.1. The SMILES string of the molecule is Cl.Nc1ncc(CCCc2cn(CC(=O)NCc3ccccc3)nn2)[nH]1. The van der Waals surface area contributed by atoms with Crippen LogP contribution in [0.5, 0.6) is 0 Å². The van der Waals surface area contributed by atoms with Gasteiger partial charge in [0, 0.05) is 18.4 Å². The quantitative estimate of drug-likeness (QED) is 0.552. The van der Waals surface area contributed by atoms with Crippen LogP contribution in [0.4, 0.5) is 5.95 Å². The fourth-order valence-electron chi connectivity index (χ4n) is 2.49. The molecule has 0 saturated heterocycles. The molecule has 0 aliphatic rings. The van der Waals surface area contributed by atoms with Gasteiger partial charge in [-0.25, -0.2) is 9.67 Å². The standard InChI is InChI=1S/C17H21N7O.ClH/c18-17-20-10-14(21-17)7-4-8-15-11-24(23-22-15)12-16(25)19-9-13-5-2-1-3-6-13;/h1-3,5-6,10-11H,4,7-9,12H2,(H,19,25)(H3,18,20,21);1H. The summed E-state index contributed by atoms with van der Waals surface area (Å²) in [4.78, 5) is 18.9. The number of imidazole rings is 1. The number of H-pyrrole nitrogens is 1. The first-order valence-corrected chi connectivity index (χ1v) is 8.18. The van der Waals surface area contributed by atoms with E-state index in [2.05, 4.69) is 25.6 Å². The molecule has 3 rings (SSSR count). The highest BCUT2D eigenvalue weighted by molar-refractivity contribution is 5.85. The molecular weight excluding hydrogens is 354 g/mol. The van der Waals surface area contributed by atoms with E-state index in [4.69, 9.17) is 5.73 Å². The number of carbonyl (C=O) groups excluding carboxylic acids is 1. The van der Waals surface area contributed by atoms with E-state index in [0.29, 0.717) is 12.5 Å². The lowest BCUT2D eigenvalue weighted by atomic mass is 10.2. The van der Waals surface area contributed by atoms with Gasteiger partial charge in [0.1, 0.15) is 6.54 Å². The van der Waals surface area contributed by atoms with Crippen LogP contribution in [0.3, 0.4) is 0 Å². The molecule has 3 aromatic rings. The average Bonchev–Trinajstić information content (AvgIpc) is 3.23. The Balaban J connectivity index is 0.00000243. The molecule has 0 aliphatic carbocycles. The highest BCUT2D eigenvalue weighted by atomic mass is 35.5. The summed E-state index contributed by atoms with van der Waals surface area (Å²) >= 11 is 0. The number of hydrogen-bond acceptors (Lipinski definition) is 5. The highest BCUT2D eigenvalue weighted by Gasteiger charge is 2.06. The van der Waals surface area contributed by atoms with E-state index in [-0.39, 0.29) is 24.9 Å². The van der Waals surface area contributed by atoms with Crippen molar-refractivity contribution in [2.45, 2.75) is 32.4 Å². The molecule has 4 N–H and O–H groups in total. The van der Waals surface area contributed by atoms with Crippen molar-refractivity contribution in [3.05, 3.63) is 59.7 Å². The van der Waals surface area contributed by atoms with Crippen LogP contribution in [0.15, 0.2) is 42.7 Å². The maximum atomic E-state index is 12.0. The number of carbonyl (C=O) groups is 1. The fraction of sp³-hybridized carbons (Fsp3) is 0.294. The molecule has 2 aromatic heterocycles. The van der Waals surface area contributed by atoms with E-state index < -0.39 is 0 Å². The first kappa shape index (κ1) is 19.5. The van der Waals surface area contributed by atoms with Gasteiger partial charge in [-0.05, 0) is 24.8 Å². The molecule has 0 fully saturated rings. The Bertz CT molecular complexity index is 815. The van der Waals surface area contributed by atoms with E-state index in [1.54, 1.807) is 10.9 Å². The van der Waals surface area contributed by atoms with Crippen LogP contribution in [0.25, 0.3) is 0 Å². The molecule has 26 heavy (non-hydrogen) atoms. The summed E-state index contributed by atoms with van der Waals surface area (Å²) in [6, 6.07) is 9.79. The zero-order valence-electron chi connectivity index (χ0n) is 14.3. The Morgan fingerprint density at radius 1 is 1.23 bits per heavy atom. The Kier molecular flexibility index (Phi) is 7.16. The maximum Gasteiger partial charge on any atom is 0.242 e. The van der Waals surface area contributed by atoms with Crippen molar-refractivity contribution in [3.63, 3.8) is 0 Å². The molecule has 0 aliphatic heterocycles. The third-order valence-electron chi connectivity index (χ3n) is 3.75. The van der Waals surface area contributed by atoms with Crippen molar-refractivity contribution < 1.29 is 4.79 Å². The van der Waals surface area contributed by atoms with Gasteiger partial charge < -0.3 is 16.0 Å². The lowest BCUT2D eigenvalue weighted by Crippen LogP contribution is -2.27. The number of aryl methyl sites for hydroxylation is 2. The van der Waals surface area contributed by atoms with Gasteiger partial charge >= 0.3 is 0 Å². The van der Waals surface area contributed by atoms with E-state index in [9.17, 15) is 4.79 Å². The minimum Gasteiger partial charge on any atom is -0.369 e. The van der Waals surface area contributed by atoms with Crippen LogP contribution in [0.1, 0.15) is 23.4 Å². The molecule has 0 unspecified atom stereocenters. The van der Waals surface area contributed by atoms with Gasteiger partial charge in [-0.15, -0.1) is 17.5 Å². The smallest absolute Gasteiger partial charge is 0.242 e. The van der Waals surface area contributed by atoms with Crippen molar-refractivity contribution in [1.29, 1.82) is 0 Å². The van der Waals surface area contributed by atoms with Gasteiger partial charge in [0.05, 0.1) is 11.9 Å². The number of amides is 1. The van der Waals surface area contributed by atoms with E-state index >= 15 is 0 Å². The van der Waals surface area contributed by atoms with E-state index in [1.165, 1.54) is 0 Å². The number of nitrogens with zero attached hydrogens (tertiary/aromatic N) is 4. The molecule has 138 valence electrons. The average molecular weight is 376 g/mol. The summed E-state index contributed by atoms with van der Waals surface area (Å²) in [5.74, 6) is 0.343. The molecule has 9 heteroatoms. The van der Waals surface area contributed by atoms with Crippen LogP contribution in [-0.2, 0) is 30.7 Å². The Labute approximate surface area is 157 Å². The molecule has 1 aromatic carbocycles. The predicted molar refractivity (Wildman–Crippen MR) is 101 cm³/mol. The molecule has 0 radical (unpaired) electrons. The summed E-state index contributed by atoms with van der Waals surface area (Å²) < 4.78 is 1.56. The Morgan fingerprint density at radius 3 is 2.77 bits per heavy atom. The summed E-state index contributed by atoms with van der Waals surface area (Å²) in [7, 11) is 0. The monoisotopic (exact) mass is 375 g/mol. The number of nitrogens with two attached hydrogens (primary N) is 1. The molecule has 2 heterocycles. The normalized spacial score (nSPS) is 10.3. The van der Waals surface area contributed by atoms with E-state index in [1.807, 2.05) is 36.5 Å². The second kappa shape index (κ2) is 9.57.